The minimum atomic E-state index is -0.405. The molecule has 26 heavy (non-hydrogen) atoms. The fraction of sp³-hybridized carbons (Fsp3) is 0.150. The van der Waals surface area contributed by atoms with E-state index >= 15 is 0 Å². The molecule has 0 atom stereocenters. The number of anilines is 1. The summed E-state index contributed by atoms with van der Waals surface area (Å²) in [7, 11) is 0. The molecule has 3 heterocycles. The Bertz CT molecular complexity index is 978. The van der Waals surface area contributed by atoms with E-state index in [1.54, 1.807) is 36.7 Å². The lowest BCUT2D eigenvalue weighted by atomic mass is 10.0. The number of pyridine rings is 2. The van der Waals surface area contributed by atoms with Crippen LogP contribution in [0.5, 0.6) is 0 Å². The maximum Gasteiger partial charge on any atom is 0.231 e. The van der Waals surface area contributed by atoms with E-state index in [1.807, 2.05) is 6.07 Å². The van der Waals surface area contributed by atoms with E-state index in [9.17, 15) is 9.18 Å². The molecule has 3 aromatic rings. The summed E-state index contributed by atoms with van der Waals surface area (Å²) >= 11 is 6.03. The van der Waals surface area contributed by atoms with Crippen molar-refractivity contribution in [2.24, 2.45) is 0 Å². The Kier molecular flexibility index (Phi) is 4.39. The van der Waals surface area contributed by atoms with Crippen LogP contribution in [-0.4, -0.2) is 22.4 Å². The van der Waals surface area contributed by atoms with Crippen LogP contribution in [0.15, 0.2) is 48.8 Å². The number of hydrogen-bond acceptors (Lipinski definition) is 3. The molecule has 129 valence electrons. The summed E-state index contributed by atoms with van der Waals surface area (Å²) in [4.78, 5) is 22.0. The first-order valence-corrected chi connectivity index (χ1v) is 8.56. The van der Waals surface area contributed by atoms with Gasteiger partial charge in [0.25, 0.3) is 0 Å². The second-order valence-corrected chi connectivity index (χ2v) is 6.42. The summed E-state index contributed by atoms with van der Waals surface area (Å²) in [5.74, 6) is -0.597. The van der Waals surface area contributed by atoms with Crippen molar-refractivity contribution in [1.82, 2.24) is 9.97 Å². The van der Waals surface area contributed by atoms with Crippen LogP contribution in [0, 0.1) is 12.0 Å². The molecule has 1 aromatic carbocycles. The van der Waals surface area contributed by atoms with Crippen molar-refractivity contribution in [3.05, 3.63) is 77.1 Å². The molecule has 1 aliphatic heterocycles. The first kappa shape index (κ1) is 16.7. The van der Waals surface area contributed by atoms with E-state index in [4.69, 9.17) is 11.6 Å². The Balaban J connectivity index is 1.64. The van der Waals surface area contributed by atoms with Crippen LogP contribution in [0.3, 0.4) is 0 Å². The van der Waals surface area contributed by atoms with Gasteiger partial charge in [0.15, 0.2) is 0 Å². The molecule has 1 radical (unpaired) electrons. The number of rotatable bonds is 3. The second kappa shape index (κ2) is 6.84. The van der Waals surface area contributed by atoms with E-state index in [-0.39, 0.29) is 12.3 Å². The molecule has 0 unspecified atom stereocenters. The normalized spacial score (nSPS) is 12.9. The highest BCUT2D eigenvalue weighted by molar-refractivity contribution is 6.30. The predicted octanol–water partition coefficient (Wildman–Crippen LogP) is 3.87. The van der Waals surface area contributed by atoms with Gasteiger partial charge in [0, 0.05) is 18.9 Å². The maximum absolute atomic E-state index is 14.8. The zero-order valence-electron chi connectivity index (χ0n) is 13.7. The zero-order chi connectivity index (χ0) is 18.1. The minimum Gasteiger partial charge on any atom is -0.309 e. The standard InChI is InChI=1S/C20H14ClFN3O/c21-20-15(2-1-6-24-20)12-18(26)25-9-5-14-10-16(11-17(22)19(14)25)13-3-7-23-8-4-13/h1-4,6-7,10-11H,5,9,12H2. The first-order valence-electron chi connectivity index (χ1n) is 8.18. The Hall–Kier alpha value is -2.79. The Morgan fingerprint density at radius 1 is 1.27 bits per heavy atom. The fourth-order valence-corrected chi connectivity index (χ4v) is 3.40. The molecule has 0 bridgehead atoms. The van der Waals surface area contributed by atoms with Gasteiger partial charge >= 0.3 is 0 Å². The van der Waals surface area contributed by atoms with Gasteiger partial charge in [-0.25, -0.2) is 9.37 Å². The quantitative estimate of drug-likeness (QED) is 0.661. The van der Waals surface area contributed by atoms with Gasteiger partial charge in [-0.05, 0) is 59.0 Å². The molecule has 1 aliphatic rings. The number of amides is 1. The summed E-state index contributed by atoms with van der Waals surface area (Å²) < 4.78 is 14.8. The monoisotopic (exact) mass is 366 g/mol. The molecular weight excluding hydrogens is 353 g/mol. The van der Waals surface area contributed by atoms with Gasteiger partial charge in [-0.15, -0.1) is 0 Å². The Labute approximate surface area is 155 Å². The van der Waals surface area contributed by atoms with Crippen molar-refractivity contribution in [3.63, 3.8) is 0 Å². The number of halogens is 2. The second-order valence-electron chi connectivity index (χ2n) is 6.06. The van der Waals surface area contributed by atoms with Gasteiger partial charge in [-0.2, -0.15) is 0 Å². The Morgan fingerprint density at radius 3 is 2.92 bits per heavy atom. The summed E-state index contributed by atoms with van der Waals surface area (Å²) in [6, 6.07) is 10.4. The molecule has 4 rings (SSSR count). The average Bonchev–Trinajstić information content (AvgIpc) is 3.09. The summed E-state index contributed by atoms with van der Waals surface area (Å²) in [5.41, 5.74) is 3.41. The highest BCUT2D eigenvalue weighted by Gasteiger charge is 2.29. The van der Waals surface area contributed by atoms with Crippen molar-refractivity contribution in [3.8, 4) is 11.1 Å². The number of aromatic nitrogens is 2. The van der Waals surface area contributed by atoms with E-state index < -0.39 is 5.82 Å². The molecule has 0 saturated carbocycles. The molecule has 1 amide bonds. The maximum atomic E-state index is 14.8. The highest BCUT2D eigenvalue weighted by atomic mass is 35.5. The third-order valence-corrected chi connectivity index (χ3v) is 4.79. The van der Waals surface area contributed by atoms with Crippen LogP contribution >= 0.6 is 11.6 Å². The number of hydrogen-bond donors (Lipinski definition) is 0. The number of carbonyl (C=O) groups excluding carboxylic acids is 1. The van der Waals surface area contributed by atoms with Crippen molar-refractivity contribution in [2.75, 3.05) is 11.4 Å². The molecule has 0 N–H and O–H groups in total. The number of nitrogens with zero attached hydrogens (tertiary/aromatic N) is 3. The molecule has 4 nitrogen and oxygen atoms in total. The van der Waals surface area contributed by atoms with E-state index in [1.165, 1.54) is 11.0 Å². The summed E-state index contributed by atoms with van der Waals surface area (Å²) in [6.45, 7) is 0.453. The lowest BCUT2D eigenvalue weighted by Crippen LogP contribution is -2.31. The smallest absolute Gasteiger partial charge is 0.231 e. The molecule has 6 heteroatoms. The van der Waals surface area contributed by atoms with Gasteiger partial charge < -0.3 is 4.90 Å². The lowest BCUT2D eigenvalue weighted by Gasteiger charge is -2.18. The van der Waals surface area contributed by atoms with E-state index in [2.05, 4.69) is 16.2 Å². The SMILES string of the molecule is O=C(Cc1cccnc1Cl)N1CCc2cc(-c3c[c]ncc3)cc(F)c21. The largest absolute Gasteiger partial charge is 0.309 e. The lowest BCUT2D eigenvalue weighted by molar-refractivity contribution is -0.117. The van der Waals surface area contributed by atoms with Gasteiger partial charge in [-0.1, -0.05) is 17.7 Å². The summed E-state index contributed by atoms with van der Waals surface area (Å²) in [6.07, 6.45) is 6.64. The van der Waals surface area contributed by atoms with Gasteiger partial charge in [0.2, 0.25) is 5.91 Å². The van der Waals surface area contributed by atoms with Crippen LogP contribution in [0.1, 0.15) is 11.1 Å². The first-order chi connectivity index (χ1) is 12.6. The van der Waals surface area contributed by atoms with Gasteiger partial charge in [-0.3, -0.25) is 9.78 Å². The molecule has 0 fully saturated rings. The van der Waals surface area contributed by atoms with Crippen molar-refractivity contribution in [1.29, 1.82) is 0 Å². The summed E-state index contributed by atoms with van der Waals surface area (Å²) in [5, 5.41) is 0.296. The molecule has 0 saturated heterocycles. The van der Waals surface area contributed by atoms with Crippen LogP contribution in [0.25, 0.3) is 11.1 Å². The molecule has 2 aromatic heterocycles. The number of carbonyl (C=O) groups is 1. The predicted molar refractivity (Wildman–Crippen MR) is 97.5 cm³/mol. The average molecular weight is 367 g/mol. The topological polar surface area (TPSA) is 46.1 Å². The third-order valence-electron chi connectivity index (χ3n) is 4.45. The molecular formula is C20H14ClFN3O. The molecule has 0 spiro atoms. The van der Waals surface area contributed by atoms with E-state index in [0.29, 0.717) is 29.4 Å². The van der Waals surface area contributed by atoms with Crippen LogP contribution < -0.4 is 4.90 Å². The van der Waals surface area contributed by atoms with Crippen molar-refractivity contribution < 1.29 is 9.18 Å². The van der Waals surface area contributed by atoms with Gasteiger partial charge in [0.05, 0.1) is 18.3 Å². The number of benzene rings is 1. The fourth-order valence-electron chi connectivity index (χ4n) is 3.21. The van der Waals surface area contributed by atoms with Crippen LogP contribution in [0.4, 0.5) is 10.1 Å². The van der Waals surface area contributed by atoms with Crippen LogP contribution in [-0.2, 0) is 17.6 Å². The van der Waals surface area contributed by atoms with Crippen molar-refractivity contribution in [2.45, 2.75) is 12.8 Å². The molecule has 0 aliphatic carbocycles. The third kappa shape index (κ3) is 3.06. The van der Waals surface area contributed by atoms with Crippen LogP contribution in [0.2, 0.25) is 5.15 Å². The Morgan fingerprint density at radius 2 is 2.15 bits per heavy atom. The minimum absolute atomic E-state index is 0.0899. The van der Waals surface area contributed by atoms with Crippen molar-refractivity contribution >= 4 is 23.2 Å². The zero-order valence-corrected chi connectivity index (χ0v) is 14.5. The van der Waals surface area contributed by atoms with Gasteiger partial charge in [0.1, 0.15) is 11.0 Å². The van der Waals surface area contributed by atoms with E-state index in [0.717, 1.165) is 16.7 Å². The highest BCUT2D eigenvalue weighted by Crippen LogP contribution is 2.35. The number of fused-ring (bicyclic) bond motifs is 1.